The van der Waals surface area contributed by atoms with E-state index in [1.807, 2.05) is 6.92 Å². The van der Waals surface area contributed by atoms with Crippen LogP contribution in [0.3, 0.4) is 0 Å². The number of aromatic nitrogens is 3. The summed E-state index contributed by atoms with van der Waals surface area (Å²) >= 11 is 0. The van der Waals surface area contributed by atoms with Gasteiger partial charge in [0.2, 0.25) is 0 Å². The van der Waals surface area contributed by atoms with Gasteiger partial charge in [-0.25, -0.2) is 4.98 Å². The predicted octanol–water partition coefficient (Wildman–Crippen LogP) is 2.32. The van der Waals surface area contributed by atoms with E-state index in [2.05, 4.69) is 36.2 Å². The van der Waals surface area contributed by atoms with Crippen LogP contribution >= 0.6 is 0 Å². The molecule has 0 unspecified atom stereocenters. The molecule has 150 valence electrons. The normalized spacial score (nSPS) is 14.7. The molecule has 1 aliphatic rings. The van der Waals surface area contributed by atoms with Crippen LogP contribution < -0.4 is 5.32 Å². The summed E-state index contributed by atoms with van der Waals surface area (Å²) in [5.41, 5.74) is 1.65. The monoisotopic (exact) mass is 385 g/mol. The van der Waals surface area contributed by atoms with Gasteiger partial charge in [-0.1, -0.05) is 20.8 Å². The highest BCUT2D eigenvalue weighted by molar-refractivity contribution is 6.03. The first-order chi connectivity index (χ1) is 13.2. The largest absolute Gasteiger partial charge is 0.378 e. The molecule has 0 aromatic carbocycles. The van der Waals surface area contributed by atoms with Gasteiger partial charge in [0.1, 0.15) is 11.5 Å². The van der Waals surface area contributed by atoms with E-state index < -0.39 is 0 Å². The lowest BCUT2D eigenvalue weighted by Gasteiger charge is -2.38. The first-order valence-electron chi connectivity index (χ1n) is 9.40. The lowest BCUT2D eigenvalue weighted by molar-refractivity contribution is -0.0191. The van der Waals surface area contributed by atoms with Gasteiger partial charge in [0.25, 0.3) is 11.8 Å². The van der Waals surface area contributed by atoms with E-state index in [0.29, 0.717) is 36.7 Å². The SMILES string of the molecule is CCn1nc(C(C)(C)C)cc1C(=O)Nc1cc(C(=O)N2CC(OC)C2)ccn1. The number of carbonyl (C=O) groups is 2. The molecule has 1 N–H and O–H groups in total. The van der Waals surface area contributed by atoms with Crippen LogP contribution in [0.15, 0.2) is 24.4 Å². The van der Waals surface area contributed by atoms with Gasteiger partial charge in [-0.3, -0.25) is 14.3 Å². The Bertz CT molecular complexity index is 878. The second kappa shape index (κ2) is 7.71. The number of hydrogen-bond acceptors (Lipinski definition) is 5. The van der Waals surface area contributed by atoms with Gasteiger partial charge >= 0.3 is 0 Å². The molecule has 0 aliphatic carbocycles. The number of aryl methyl sites for hydroxylation is 1. The summed E-state index contributed by atoms with van der Waals surface area (Å²) in [7, 11) is 1.64. The van der Waals surface area contributed by atoms with E-state index in [9.17, 15) is 9.59 Å². The number of ether oxygens (including phenoxy) is 1. The molecular formula is C20H27N5O3. The lowest BCUT2D eigenvalue weighted by atomic mass is 9.92. The molecule has 2 aromatic rings. The number of amides is 2. The Labute approximate surface area is 164 Å². The van der Waals surface area contributed by atoms with Crippen molar-refractivity contribution in [1.82, 2.24) is 19.7 Å². The van der Waals surface area contributed by atoms with E-state index >= 15 is 0 Å². The highest BCUT2D eigenvalue weighted by Crippen LogP contribution is 2.22. The molecule has 0 saturated carbocycles. The van der Waals surface area contributed by atoms with Crippen molar-refractivity contribution in [2.24, 2.45) is 0 Å². The summed E-state index contributed by atoms with van der Waals surface area (Å²) in [5.74, 6) is -0.0639. The Morgan fingerprint density at radius 2 is 2.00 bits per heavy atom. The molecule has 1 aliphatic heterocycles. The number of nitrogens with one attached hydrogen (secondary N) is 1. The van der Waals surface area contributed by atoms with Crippen LogP contribution in [0.1, 0.15) is 54.2 Å². The minimum atomic E-state index is -0.301. The van der Waals surface area contributed by atoms with Gasteiger partial charge in [0.05, 0.1) is 11.8 Å². The first kappa shape index (κ1) is 20.0. The molecule has 1 saturated heterocycles. The van der Waals surface area contributed by atoms with Gasteiger partial charge in [-0.15, -0.1) is 0 Å². The quantitative estimate of drug-likeness (QED) is 0.853. The third-order valence-corrected chi connectivity index (χ3v) is 4.80. The molecule has 2 aromatic heterocycles. The van der Waals surface area contributed by atoms with E-state index in [0.717, 1.165) is 5.69 Å². The molecule has 3 rings (SSSR count). The van der Waals surface area contributed by atoms with Crippen molar-refractivity contribution in [2.45, 2.75) is 45.8 Å². The Morgan fingerprint density at radius 1 is 1.29 bits per heavy atom. The third kappa shape index (κ3) is 4.06. The molecule has 2 amide bonds. The number of rotatable bonds is 5. The Kier molecular flexibility index (Phi) is 5.51. The van der Waals surface area contributed by atoms with Crippen LogP contribution in [0.25, 0.3) is 0 Å². The molecule has 0 spiro atoms. The fourth-order valence-corrected chi connectivity index (χ4v) is 2.96. The van der Waals surface area contributed by atoms with Crippen LogP contribution in [0.4, 0.5) is 5.82 Å². The Hall–Kier alpha value is -2.74. The number of hydrogen-bond donors (Lipinski definition) is 1. The van der Waals surface area contributed by atoms with Crippen LogP contribution in [-0.4, -0.2) is 57.8 Å². The highest BCUT2D eigenvalue weighted by atomic mass is 16.5. The Balaban J connectivity index is 1.75. The molecule has 3 heterocycles. The zero-order valence-electron chi connectivity index (χ0n) is 17.0. The maximum atomic E-state index is 12.8. The van der Waals surface area contributed by atoms with Crippen molar-refractivity contribution in [2.75, 3.05) is 25.5 Å². The number of likely N-dealkylation sites (tertiary alicyclic amines) is 1. The first-order valence-corrected chi connectivity index (χ1v) is 9.40. The molecule has 28 heavy (non-hydrogen) atoms. The van der Waals surface area contributed by atoms with E-state index in [1.54, 1.807) is 34.9 Å². The van der Waals surface area contributed by atoms with Crippen LogP contribution in [0.2, 0.25) is 0 Å². The molecule has 8 heteroatoms. The zero-order chi connectivity index (χ0) is 20.5. The molecule has 8 nitrogen and oxygen atoms in total. The lowest BCUT2D eigenvalue weighted by Crippen LogP contribution is -2.54. The maximum Gasteiger partial charge on any atom is 0.275 e. The molecule has 0 bridgehead atoms. The molecule has 1 fully saturated rings. The van der Waals surface area contributed by atoms with Gasteiger partial charge in [-0.05, 0) is 25.1 Å². The second-order valence-electron chi connectivity index (χ2n) is 7.93. The third-order valence-electron chi connectivity index (χ3n) is 4.80. The molecule has 0 radical (unpaired) electrons. The summed E-state index contributed by atoms with van der Waals surface area (Å²) in [6.45, 7) is 9.83. The van der Waals surface area contributed by atoms with Crippen LogP contribution in [0, 0.1) is 0 Å². The summed E-state index contributed by atoms with van der Waals surface area (Å²) in [4.78, 5) is 31.2. The minimum Gasteiger partial charge on any atom is -0.378 e. The predicted molar refractivity (Wildman–Crippen MR) is 105 cm³/mol. The van der Waals surface area contributed by atoms with Crippen LogP contribution in [-0.2, 0) is 16.7 Å². The minimum absolute atomic E-state index is 0.0938. The van der Waals surface area contributed by atoms with Crippen molar-refractivity contribution < 1.29 is 14.3 Å². The van der Waals surface area contributed by atoms with Crippen molar-refractivity contribution >= 4 is 17.6 Å². The number of carbonyl (C=O) groups excluding carboxylic acids is 2. The highest BCUT2D eigenvalue weighted by Gasteiger charge is 2.31. The second-order valence-corrected chi connectivity index (χ2v) is 7.93. The number of anilines is 1. The average molecular weight is 385 g/mol. The number of nitrogens with zero attached hydrogens (tertiary/aromatic N) is 4. The summed E-state index contributed by atoms with van der Waals surface area (Å²) < 4.78 is 6.88. The summed E-state index contributed by atoms with van der Waals surface area (Å²) in [6, 6.07) is 5.04. The van der Waals surface area contributed by atoms with Crippen molar-refractivity contribution in [3.63, 3.8) is 0 Å². The standard InChI is InChI=1S/C20H27N5O3/c1-6-25-15(10-16(23-25)20(2,3)4)18(26)22-17-9-13(7-8-21-17)19(27)24-11-14(12-24)28-5/h7-10,14H,6,11-12H2,1-5H3,(H,21,22,26). The maximum absolute atomic E-state index is 12.8. The van der Waals surface area contributed by atoms with Gasteiger partial charge in [0, 0.05) is 43.9 Å². The van der Waals surface area contributed by atoms with Gasteiger partial charge in [0.15, 0.2) is 0 Å². The Morgan fingerprint density at radius 3 is 2.61 bits per heavy atom. The van der Waals surface area contributed by atoms with Crippen molar-refractivity contribution in [1.29, 1.82) is 0 Å². The van der Waals surface area contributed by atoms with Crippen molar-refractivity contribution in [3.05, 3.63) is 41.3 Å². The van der Waals surface area contributed by atoms with Gasteiger partial charge in [-0.2, -0.15) is 5.10 Å². The fourth-order valence-electron chi connectivity index (χ4n) is 2.96. The molecule has 0 atom stereocenters. The van der Waals surface area contributed by atoms with Crippen LogP contribution in [0.5, 0.6) is 0 Å². The number of methoxy groups -OCH3 is 1. The van der Waals surface area contributed by atoms with Gasteiger partial charge < -0.3 is 15.0 Å². The smallest absolute Gasteiger partial charge is 0.275 e. The topological polar surface area (TPSA) is 89.4 Å². The average Bonchev–Trinajstić information content (AvgIpc) is 3.06. The van der Waals surface area contributed by atoms with E-state index in [1.165, 1.54) is 6.20 Å². The zero-order valence-corrected chi connectivity index (χ0v) is 17.0. The summed E-state index contributed by atoms with van der Waals surface area (Å²) in [5, 5.41) is 7.31. The fraction of sp³-hybridized carbons (Fsp3) is 0.500. The van der Waals surface area contributed by atoms with E-state index in [-0.39, 0.29) is 23.3 Å². The van der Waals surface area contributed by atoms with Crippen molar-refractivity contribution in [3.8, 4) is 0 Å². The number of pyridine rings is 1. The van der Waals surface area contributed by atoms with E-state index in [4.69, 9.17) is 4.74 Å². The molecular weight excluding hydrogens is 358 g/mol. The summed E-state index contributed by atoms with van der Waals surface area (Å²) in [6.07, 6.45) is 1.62.